The van der Waals surface area contributed by atoms with Gasteiger partial charge in [0.25, 0.3) is 0 Å². The van der Waals surface area contributed by atoms with E-state index in [1.54, 1.807) is 24.0 Å². The highest BCUT2D eigenvalue weighted by atomic mass is 19.1. The number of aliphatic hydroxyl groups excluding tert-OH is 2. The van der Waals surface area contributed by atoms with Crippen LogP contribution in [-0.4, -0.2) is 75.3 Å². The van der Waals surface area contributed by atoms with Crippen LogP contribution in [0.4, 0.5) is 4.39 Å². The van der Waals surface area contributed by atoms with Crippen LogP contribution >= 0.6 is 0 Å². The molecule has 5 N–H and O–H groups in total. The second-order valence-electron chi connectivity index (χ2n) is 9.70. The van der Waals surface area contributed by atoms with Gasteiger partial charge in [-0.3, -0.25) is 9.59 Å². The van der Waals surface area contributed by atoms with Gasteiger partial charge < -0.3 is 30.7 Å². The van der Waals surface area contributed by atoms with Gasteiger partial charge in [0, 0.05) is 23.1 Å². The number of H-pyrrole nitrogens is 1. The molecule has 1 aliphatic rings. The molecule has 5 atom stereocenters. The van der Waals surface area contributed by atoms with Crippen LogP contribution in [0.25, 0.3) is 22.2 Å². The molecule has 9 heteroatoms. The molecule has 0 spiro atoms. The van der Waals surface area contributed by atoms with Gasteiger partial charge in [-0.2, -0.15) is 0 Å². The van der Waals surface area contributed by atoms with Gasteiger partial charge in [-0.15, -0.1) is 0 Å². The number of fused-ring (bicyclic) bond motifs is 1. The van der Waals surface area contributed by atoms with E-state index < -0.39 is 36.2 Å². The lowest BCUT2D eigenvalue weighted by molar-refractivity contribution is -0.141. The minimum atomic E-state index is -1.14. The predicted molar refractivity (Wildman–Crippen MR) is 140 cm³/mol. The van der Waals surface area contributed by atoms with Crippen molar-refractivity contribution in [3.8, 4) is 11.3 Å². The lowest BCUT2D eigenvalue weighted by Crippen LogP contribution is -2.58. The summed E-state index contributed by atoms with van der Waals surface area (Å²) in [5, 5.41) is 27.9. The van der Waals surface area contributed by atoms with Crippen LogP contribution in [0.5, 0.6) is 0 Å². The van der Waals surface area contributed by atoms with E-state index >= 15 is 0 Å². The lowest BCUT2D eigenvalue weighted by atomic mass is 9.96. The van der Waals surface area contributed by atoms with Crippen molar-refractivity contribution in [2.24, 2.45) is 0 Å². The summed E-state index contributed by atoms with van der Waals surface area (Å²) in [6.07, 6.45) is -1.16. The second kappa shape index (κ2) is 11.4. The topological polar surface area (TPSA) is 118 Å². The average Bonchev–Trinajstić information content (AvgIpc) is 3.43. The zero-order valence-electron chi connectivity index (χ0n) is 21.4. The normalized spacial score (nSPS) is 20.1. The van der Waals surface area contributed by atoms with Gasteiger partial charge in [0.1, 0.15) is 11.9 Å². The number of hydrogen-bond donors (Lipinski definition) is 5. The number of carbonyl (C=O) groups excluding carboxylic acids is 2. The maximum Gasteiger partial charge on any atom is 0.248 e. The van der Waals surface area contributed by atoms with Gasteiger partial charge in [-0.05, 0) is 74.7 Å². The number of aromatic nitrogens is 1. The molecule has 0 aliphatic carbocycles. The quantitative estimate of drug-likeness (QED) is 0.303. The SMILES string of the molecule is CCN[C@@H](C)C(=O)N[C@H](C(=O)N1CCC(O)[C@@H]1Cc1c(-c2ccc(F)cc2)[nH]c2ccccc12)C(C)O. The van der Waals surface area contributed by atoms with Crippen molar-refractivity contribution in [2.45, 2.75) is 63.9 Å². The molecule has 0 saturated carbocycles. The third-order valence-electron chi connectivity index (χ3n) is 7.10. The minimum absolute atomic E-state index is 0.306. The predicted octanol–water partition coefficient (Wildman–Crippen LogP) is 2.34. The fourth-order valence-electron chi connectivity index (χ4n) is 5.09. The number of benzene rings is 2. The number of likely N-dealkylation sites (N-methyl/N-ethyl adjacent to an activating group) is 1. The molecule has 2 aromatic carbocycles. The number of rotatable bonds is 9. The molecule has 0 bridgehead atoms. The Morgan fingerprint density at radius 2 is 1.86 bits per heavy atom. The molecule has 2 heterocycles. The summed E-state index contributed by atoms with van der Waals surface area (Å²) in [6, 6.07) is 11.7. The van der Waals surface area contributed by atoms with Gasteiger partial charge >= 0.3 is 0 Å². The number of aromatic amines is 1. The third kappa shape index (κ3) is 5.69. The highest BCUT2D eigenvalue weighted by molar-refractivity contribution is 5.92. The van der Waals surface area contributed by atoms with E-state index in [1.165, 1.54) is 19.1 Å². The molecule has 1 fully saturated rings. The minimum Gasteiger partial charge on any atom is -0.391 e. The number of carbonyl (C=O) groups is 2. The van der Waals surface area contributed by atoms with Crippen LogP contribution < -0.4 is 10.6 Å². The Kier molecular flexibility index (Phi) is 8.26. The highest BCUT2D eigenvalue weighted by Gasteiger charge is 2.41. The van der Waals surface area contributed by atoms with E-state index in [-0.39, 0.29) is 11.7 Å². The van der Waals surface area contributed by atoms with E-state index in [0.717, 1.165) is 27.7 Å². The van der Waals surface area contributed by atoms with E-state index in [0.29, 0.717) is 25.9 Å². The van der Waals surface area contributed by atoms with Crippen molar-refractivity contribution >= 4 is 22.7 Å². The summed E-state index contributed by atoms with van der Waals surface area (Å²) in [4.78, 5) is 31.2. The maximum absolute atomic E-state index is 13.6. The summed E-state index contributed by atoms with van der Waals surface area (Å²) in [7, 11) is 0. The molecule has 0 radical (unpaired) electrons. The third-order valence-corrected chi connectivity index (χ3v) is 7.10. The number of para-hydroxylation sites is 1. The Morgan fingerprint density at radius 1 is 1.16 bits per heavy atom. The number of aliphatic hydroxyl groups is 2. The lowest BCUT2D eigenvalue weighted by Gasteiger charge is -2.32. The first kappa shape index (κ1) is 26.8. The molecule has 3 aromatic rings. The van der Waals surface area contributed by atoms with Crippen molar-refractivity contribution in [1.29, 1.82) is 0 Å². The first-order valence-electron chi connectivity index (χ1n) is 12.8. The van der Waals surface area contributed by atoms with Crippen LogP contribution in [0, 0.1) is 5.82 Å². The molecule has 1 aromatic heterocycles. The summed E-state index contributed by atoms with van der Waals surface area (Å²) in [5.41, 5.74) is 3.40. The van der Waals surface area contributed by atoms with Gasteiger partial charge in [0.15, 0.2) is 0 Å². The molecule has 2 unspecified atom stereocenters. The summed E-state index contributed by atoms with van der Waals surface area (Å²) in [5.74, 6) is -1.15. The number of amides is 2. The van der Waals surface area contributed by atoms with E-state index in [4.69, 9.17) is 0 Å². The number of halogens is 1. The Balaban J connectivity index is 1.65. The van der Waals surface area contributed by atoms with Crippen LogP contribution in [0.2, 0.25) is 0 Å². The number of nitrogens with zero attached hydrogens (tertiary/aromatic N) is 1. The zero-order chi connectivity index (χ0) is 26.7. The zero-order valence-corrected chi connectivity index (χ0v) is 21.4. The number of nitrogens with one attached hydrogen (secondary N) is 3. The Morgan fingerprint density at radius 3 is 2.54 bits per heavy atom. The molecule has 1 aliphatic heterocycles. The first-order chi connectivity index (χ1) is 17.7. The Labute approximate surface area is 215 Å². The van der Waals surface area contributed by atoms with Gasteiger partial charge in [0.05, 0.1) is 24.3 Å². The molecular formula is C28H35FN4O4. The standard InChI is InChI=1S/C28H35FN4O4/c1-4-30-16(2)27(36)32-25(17(3)34)28(37)33-14-13-24(35)23(33)15-21-20-7-5-6-8-22(20)31-26(21)18-9-11-19(29)12-10-18/h5-12,16-17,23-25,30-31,34-35H,4,13-15H2,1-3H3,(H,32,36)/t16-,17?,23-,24?,25-/m0/s1. The van der Waals surface area contributed by atoms with Crippen LogP contribution in [0.15, 0.2) is 48.5 Å². The first-order valence-corrected chi connectivity index (χ1v) is 12.8. The van der Waals surface area contributed by atoms with E-state index in [9.17, 15) is 24.2 Å². The van der Waals surface area contributed by atoms with Crippen LogP contribution in [0.1, 0.15) is 32.8 Å². The van der Waals surface area contributed by atoms with Gasteiger partial charge in [-0.1, -0.05) is 25.1 Å². The highest BCUT2D eigenvalue weighted by Crippen LogP contribution is 2.34. The van der Waals surface area contributed by atoms with Crippen molar-refractivity contribution in [3.63, 3.8) is 0 Å². The van der Waals surface area contributed by atoms with Gasteiger partial charge in [-0.25, -0.2) is 4.39 Å². The molecule has 2 amide bonds. The smallest absolute Gasteiger partial charge is 0.248 e. The van der Waals surface area contributed by atoms with Crippen molar-refractivity contribution in [1.82, 2.24) is 20.5 Å². The Bertz CT molecular complexity index is 1240. The maximum atomic E-state index is 13.6. The molecule has 37 heavy (non-hydrogen) atoms. The monoisotopic (exact) mass is 510 g/mol. The molecular weight excluding hydrogens is 475 g/mol. The van der Waals surface area contributed by atoms with Crippen molar-refractivity contribution < 1.29 is 24.2 Å². The second-order valence-corrected chi connectivity index (χ2v) is 9.70. The van der Waals surface area contributed by atoms with Crippen molar-refractivity contribution in [3.05, 3.63) is 59.9 Å². The fraction of sp³-hybridized carbons (Fsp3) is 0.429. The van der Waals surface area contributed by atoms with Gasteiger partial charge in [0.2, 0.25) is 11.8 Å². The summed E-state index contributed by atoms with van der Waals surface area (Å²) in [6.45, 7) is 5.93. The Hall–Kier alpha value is -3.27. The molecule has 198 valence electrons. The average molecular weight is 511 g/mol. The largest absolute Gasteiger partial charge is 0.391 e. The van der Waals surface area contributed by atoms with Crippen molar-refractivity contribution in [2.75, 3.05) is 13.1 Å². The number of hydrogen-bond acceptors (Lipinski definition) is 5. The summed E-state index contributed by atoms with van der Waals surface area (Å²) >= 11 is 0. The molecule has 1 saturated heterocycles. The van der Waals surface area contributed by atoms with E-state index in [1.807, 2.05) is 31.2 Å². The van der Waals surface area contributed by atoms with Crippen LogP contribution in [0.3, 0.4) is 0 Å². The molecule has 8 nitrogen and oxygen atoms in total. The fourth-order valence-corrected chi connectivity index (χ4v) is 5.09. The van der Waals surface area contributed by atoms with E-state index in [2.05, 4.69) is 15.6 Å². The summed E-state index contributed by atoms with van der Waals surface area (Å²) < 4.78 is 13.6. The van der Waals surface area contributed by atoms with Crippen LogP contribution in [-0.2, 0) is 16.0 Å². The molecule has 4 rings (SSSR count). The number of likely N-dealkylation sites (tertiary alicyclic amines) is 1.